The fourth-order valence-corrected chi connectivity index (χ4v) is 2.74. The first-order valence-electron chi connectivity index (χ1n) is 6.60. The van der Waals surface area contributed by atoms with Gasteiger partial charge in [0, 0.05) is 22.2 Å². The van der Waals surface area contributed by atoms with Crippen molar-refractivity contribution >= 4 is 45.3 Å². The molecule has 0 spiro atoms. The number of rotatable bonds is 5. The van der Waals surface area contributed by atoms with Gasteiger partial charge >= 0.3 is 0 Å². The second kappa shape index (κ2) is 7.89. The number of nitrogens with zero attached hydrogens (tertiary/aromatic N) is 2. The molecule has 2 N–H and O–H groups in total. The Hall–Kier alpha value is -2.45. The van der Waals surface area contributed by atoms with Gasteiger partial charge in [-0.05, 0) is 28.1 Å². The van der Waals surface area contributed by atoms with Crippen LogP contribution < -0.4 is 5.43 Å². The van der Waals surface area contributed by atoms with E-state index in [0.717, 1.165) is 0 Å². The Labute approximate surface area is 150 Å². The average molecular weight is 413 g/mol. The summed E-state index contributed by atoms with van der Waals surface area (Å²) in [5.41, 5.74) is 2.71. The Morgan fingerprint density at radius 1 is 1.42 bits per heavy atom. The minimum absolute atomic E-state index is 0.0731. The van der Waals surface area contributed by atoms with Gasteiger partial charge in [-0.2, -0.15) is 5.10 Å². The zero-order chi connectivity index (χ0) is 17.7. The highest BCUT2D eigenvalue weighted by Gasteiger charge is 2.15. The molecule has 1 amide bonds. The van der Waals surface area contributed by atoms with E-state index in [1.54, 1.807) is 6.07 Å². The highest BCUT2D eigenvalue weighted by Crippen LogP contribution is 2.30. The van der Waals surface area contributed by atoms with Crippen LogP contribution >= 0.6 is 27.5 Å². The molecule has 0 radical (unpaired) electrons. The zero-order valence-electron chi connectivity index (χ0n) is 12.1. The van der Waals surface area contributed by atoms with E-state index < -0.39 is 10.8 Å². The van der Waals surface area contributed by atoms with Gasteiger partial charge in [-0.25, -0.2) is 5.43 Å². The smallest absolute Gasteiger partial charge is 0.273 e. The number of halogens is 2. The van der Waals surface area contributed by atoms with Gasteiger partial charge < -0.3 is 5.11 Å². The summed E-state index contributed by atoms with van der Waals surface area (Å²) in [6.07, 6.45) is 1.03. The molecule has 2 aromatic rings. The Morgan fingerprint density at radius 2 is 2.12 bits per heavy atom. The first-order valence-corrected chi connectivity index (χ1v) is 7.78. The summed E-state index contributed by atoms with van der Waals surface area (Å²) in [6, 6.07) is 8.95. The van der Waals surface area contributed by atoms with Crippen LogP contribution in [-0.2, 0) is 11.2 Å². The lowest BCUT2D eigenvalue weighted by atomic mass is 10.1. The van der Waals surface area contributed by atoms with Gasteiger partial charge in [0.1, 0.15) is 5.75 Å². The first-order chi connectivity index (χ1) is 11.4. The molecule has 0 aromatic heterocycles. The van der Waals surface area contributed by atoms with Crippen molar-refractivity contribution in [3.05, 3.63) is 67.1 Å². The molecule has 0 aliphatic carbocycles. The van der Waals surface area contributed by atoms with Crippen LogP contribution in [0.1, 0.15) is 11.1 Å². The molecule has 0 unspecified atom stereocenters. The number of nitro groups is 1. The second-order valence-electron chi connectivity index (χ2n) is 4.68. The molecular weight excluding hydrogens is 402 g/mol. The van der Waals surface area contributed by atoms with E-state index in [0.29, 0.717) is 15.1 Å². The minimum Gasteiger partial charge on any atom is -0.506 e. The van der Waals surface area contributed by atoms with Crippen LogP contribution in [0.3, 0.4) is 0 Å². The SMILES string of the molecule is O=C(Cc1ccccc1[N+](=O)[O-])N/N=C/c1cc(Cl)cc(Br)c1O. The number of nitrogens with one attached hydrogen (secondary N) is 1. The van der Waals surface area contributed by atoms with Gasteiger partial charge in [0.2, 0.25) is 5.91 Å². The average Bonchev–Trinajstić information content (AvgIpc) is 2.52. The number of hydrazone groups is 1. The Morgan fingerprint density at radius 3 is 2.83 bits per heavy atom. The van der Waals surface area contributed by atoms with Gasteiger partial charge in [0.15, 0.2) is 0 Å². The predicted octanol–water partition coefficient (Wildman–Crippen LogP) is 3.41. The monoisotopic (exact) mass is 411 g/mol. The maximum Gasteiger partial charge on any atom is 0.273 e. The highest BCUT2D eigenvalue weighted by molar-refractivity contribution is 9.10. The van der Waals surface area contributed by atoms with Crippen molar-refractivity contribution in [2.45, 2.75) is 6.42 Å². The quantitative estimate of drug-likeness (QED) is 0.446. The molecule has 0 fully saturated rings. The molecular formula is C15H11BrClN3O4. The van der Waals surface area contributed by atoms with Gasteiger partial charge in [0.25, 0.3) is 5.69 Å². The fraction of sp³-hybridized carbons (Fsp3) is 0.0667. The number of hydrogen-bond acceptors (Lipinski definition) is 5. The van der Waals surface area contributed by atoms with E-state index in [9.17, 15) is 20.0 Å². The predicted molar refractivity (Wildman–Crippen MR) is 93.4 cm³/mol. The van der Waals surface area contributed by atoms with Crippen molar-refractivity contribution in [2.75, 3.05) is 0 Å². The van der Waals surface area contributed by atoms with Gasteiger partial charge in [-0.3, -0.25) is 14.9 Å². The molecule has 0 aliphatic heterocycles. The van der Waals surface area contributed by atoms with Crippen LogP contribution in [-0.4, -0.2) is 22.2 Å². The number of para-hydroxylation sites is 1. The van der Waals surface area contributed by atoms with Crippen LogP contribution in [0.25, 0.3) is 0 Å². The summed E-state index contributed by atoms with van der Waals surface area (Å²) >= 11 is 9.00. The molecule has 0 saturated carbocycles. The number of hydrogen-bond donors (Lipinski definition) is 2. The number of amides is 1. The number of nitro benzene ring substituents is 1. The number of phenols is 1. The third-order valence-electron chi connectivity index (χ3n) is 2.99. The summed E-state index contributed by atoms with van der Waals surface area (Å²) in [6.45, 7) is 0. The Bertz CT molecular complexity index is 826. The van der Waals surface area contributed by atoms with E-state index in [-0.39, 0.29) is 23.4 Å². The first kappa shape index (κ1) is 17.9. The summed E-state index contributed by atoms with van der Waals surface area (Å²) in [4.78, 5) is 22.2. The number of carbonyl (C=O) groups is 1. The Kier molecular flexibility index (Phi) is 5.88. The van der Waals surface area contributed by atoms with Gasteiger partial charge in [-0.1, -0.05) is 29.8 Å². The van der Waals surface area contributed by atoms with Crippen LogP contribution in [0.15, 0.2) is 46.0 Å². The van der Waals surface area contributed by atoms with Crippen LogP contribution in [0.5, 0.6) is 5.75 Å². The topological polar surface area (TPSA) is 105 Å². The number of benzene rings is 2. The lowest BCUT2D eigenvalue weighted by Crippen LogP contribution is -2.20. The molecule has 24 heavy (non-hydrogen) atoms. The van der Waals surface area contributed by atoms with Crippen LogP contribution in [0.2, 0.25) is 5.02 Å². The van der Waals surface area contributed by atoms with E-state index in [1.165, 1.54) is 36.5 Å². The third kappa shape index (κ3) is 4.53. The number of phenolic OH excluding ortho intramolecular Hbond substituents is 1. The lowest BCUT2D eigenvalue weighted by Gasteiger charge is -2.03. The van der Waals surface area contributed by atoms with Gasteiger partial charge in [-0.15, -0.1) is 0 Å². The normalized spacial score (nSPS) is 10.8. The summed E-state index contributed by atoms with van der Waals surface area (Å²) in [7, 11) is 0. The molecule has 7 nitrogen and oxygen atoms in total. The molecule has 0 saturated heterocycles. The number of carbonyl (C=O) groups excluding carboxylic acids is 1. The van der Waals surface area contributed by atoms with E-state index >= 15 is 0 Å². The van der Waals surface area contributed by atoms with Crippen LogP contribution in [0.4, 0.5) is 5.69 Å². The zero-order valence-corrected chi connectivity index (χ0v) is 14.4. The maximum atomic E-state index is 11.9. The molecule has 0 aliphatic rings. The summed E-state index contributed by atoms with van der Waals surface area (Å²) in [5.74, 6) is -0.600. The fourth-order valence-electron chi connectivity index (χ4n) is 1.91. The molecule has 2 rings (SSSR count). The second-order valence-corrected chi connectivity index (χ2v) is 5.97. The van der Waals surface area contributed by atoms with E-state index in [2.05, 4.69) is 26.5 Å². The van der Waals surface area contributed by atoms with Crippen molar-refractivity contribution in [3.63, 3.8) is 0 Å². The molecule has 0 atom stereocenters. The molecule has 0 bridgehead atoms. The molecule has 0 heterocycles. The molecule has 124 valence electrons. The van der Waals surface area contributed by atoms with E-state index in [4.69, 9.17) is 11.6 Å². The highest BCUT2D eigenvalue weighted by atomic mass is 79.9. The van der Waals surface area contributed by atoms with Crippen molar-refractivity contribution in [1.82, 2.24) is 5.43 Å². The number of aromatic hydroxyl groups is 1. The van der Waals surface area contributed by atoms with Crippen molar-refractivity contribution < 1.29 is 14.8 Å². The van der Waals surface area contributed by atoms with Crippen LogP contribution in [0, 0.1) is 10.1 Å². The van der Waals surface area contributed by atoms with Crippen molar-refractivity contribution in [3.8, 4) is 5.75 Å². The standard InChI is InChI=1S/C15H11BrClN3O4/c16-12-7-11(17)5-10(15(12)22)8-18-19-14(21)6-9-3-1-2-4-13(9)20(23)24/h1-5,7-8,22H,6H2,(H,19,21)/b18-8+. The van der Waals surface area contributed by atoms with Gasteiger partial charge in [0.05, 0.1) is 22.0 Å². The maximum absolute atomic E-state index is 11.9. The largest absolute Gasteiger partial charge is 0.506 e. The minimum atomic E-state index is -0.548. The van der Waals surface area contributed by atoms with E-state index in [1.807, 2.05) is 0 Å². The molecule has 9 heteroatoms. The Balaban J connectivity index is 2.06. The summed E-state index contributed by atoms with van der Waals surface area (Å²) < 4.78 is 0.391. The van der Waals surface area contributed by atoms with Crippen molar-refractivity contribution in [1.29, 1.82) is 0 Å². The molecule has 2 aromatic carbocycles. The lowest BCUT2D eigenvalue weighted by molar-refractivity contribution is -0.385. The van der Waals surface area contributed by atoms with Crippen molar-refractivity contribution in [2.24, 2.45) is 5.10 Å². The summed E-state index contributed by atoms with van der Waals surface area (Å²) in [5, 5.41) is 24.8. The third-order valence-corrected chi connectivity index (χ3v) is 3.81.